The summed E-state index contributed by atoms with van der Waals surface area (Å²) in [6.45, 7) is 4.35. The normalized spacial score (nSPS) is 11.7. The van der Waals surface area contributed by atoms with Crippen molar-refractivity contribution in [3.63, 3.8) is 0 Å². The van der Waals surface area contributed by atoms with Crippen LogP contribution in [0.1, 0.15) is 25.0 Å². The molecule has 0 aliphatic rings. The van der Waals surface area contributed by atoms with Gasteiger partial charge in [-0.05, 0) is 47.9 Å². The summed E-state index contributed by atoms with van der Waals surface area (Å²) in [6.07, 6.45) is 0.330. The van der Waals surface area contributed by atoms with Gasteiger partial charge in [0.1, 0.15) is 11.8 Å². The van der Waals surface area contributed by atoms with Crippen LogP contribution in [-0.2, 0) is 22.6 Å². The van der Waals surface area contributed by atoms with E-state index in [1.807, 2.05) is 56.3 Å². The fraction of sp³-hybridized carbons (Fsp3) is 0.286. The Bertz CT molecular complexity index is 1140. The third-order valence-corrected chi connectivity index (χ3v) is 6.76. The summed E-state index contributed by atoms with van der Waals surface area (Å²) in [7, 11) is 0. The second-order valence-electron chi connectivity index (χ2n) is 8.81. The minimum absolute atomic E-state index is 0.0631. The first-order valence-electron chi connectivity index (χ1n) is 11.7. The van der Waals surface area contributed by atoms with Crippen LogP contribution in [0, 0.1) is 5.92 Å². The molecule has 36 heavy (non-hydrogen) atoms. The van der Waals surface area contributed by atoms with E-state index in [-0.39, 0.29) is 30.9 Å². The van der Waals surface area contributed by atoms with E-state index < -0.39 is 6.04 Å². The van der Waals surface area contributed by atoms with Crippen molar-refractivity contribution in [3.05, 3.63) is 98.4 Å². The highest BCUT2D eigenvalue weighted by Gasteiger charge is 2.31. The number of benzene rings is 3. The molecule has 3 aromatic rings. The highest BCUT2D eigenvalue weighted by molar-refractivity contribution is 9.10. The third-order valence-electron chi connectivity index (χ3n) is 5.52. The molecule has 0 unspecified atom stereocenters. The van der Waals surface area contributed by atoms with Gasteiger partial charge in [0, 0.05) is 39.6 Å². The average Bonchev–Trinajstić information content (AvgIpc) is 2.86. The summed E-state index contributed by atoms with van der Waals surface area (Å²) in [6, 6.07) is 21.2. The van der Waals surface area contributed by atoms with Crippen molar-refractivity contribution in [1.29, 1.82) is 0 Å². The molecular formula is C28H29BrCl2N2O3. The number of hydrogen-bond acceptors (Lipinski definition) is 3. The van der Waals surface area contributed by atoms with Gasteiger partial charge >= 0.3 is 0 Å². The molecule has 0 saturated carbocycles. The number of halogens is 3. The van der Waals surface area contributed by atoms with Crippen molar-refractivity contribution in [3.8, 4) is 5.75 Å². The molecule has 3 rings (SSSR count). The standard InChI is InChI=1S/C28H29BrCl2N2O3/c1-19(2)16-32-28(35)26(15-20-7-4-3-5-8-20)33(17-23-24(30)9-6-10-25(23)31)27(34)18-36-22-13-11-21(29)12-14-22/h3-14,19,26H,15-18H2,1-2H3,(H,32,35)/t26-/m0/s1. The number of nitrogens with zero attached hydrogens (tertiary/aromatic N) is 1. The minimum atomic E-state index is -0.792. The zero-order chi connectivity index (χ0) is 26.1. The first-order chi connectivity index (χ1) is 17.2. The predicted molar refractivity (Wildman–Crippen MR) is 148 cm³/mol. The lowest BCUT2D eigenvalue weighted by Crippen LogP contribution is -2.52. The Morgan fingerprint density at radius 2 is 1.58 bits per heavy atom. The van der Waals surface area contributed by atoms with E-state index in [4.69, 9.17) is 27.9 Å². The molecular weight excluding hydrogens is 563 g/mol. The largest absolute Gasteiger partial charge is 0.484 e. The van der Waals surface area contributed by atoms with Gasteiger partial charge in [-0.15, -0.1) is 0 Å². The molecule has 0 saturated heterocycles. The van der Waals surface area contributed by atoms with Crippen molar-refractivity contribution in [1.82, 2.24) is 10.2 Å². The molecule has 0 fully saturated rings. The zero-order valence-corrected chi connectivity index (χ0v) is 23.3. The number of carbonyl (C=O) groups excluding carboxylic acids is 2. The maximum absolute atomic E-state index is 13.6. The lowest BCUT2D eigenvalue weighted by Gasteiger charge is -2.32. The molecule has 0 bridgehead atoms. The van der Waals surface area contributed by atoms with Gasteiger partial charge in [-0.2, -0.15) is 0 Å². The lowest BCUT2D eigenvalue weighted by atomic mass is 10.0. The van der Waals surface area contributed by atoms with Crippen LogP contribution < -0.4 is 10.1 Å². The smallest absolute Gasteiger partial charge is 0.261 e. The fourth-order valence-corrected chi connectivity index (χ4v) is 4.37. The van der Waals surface area contributed by atoms with Gasteiger partial charge in [-0.25, -0.2) is 0 Å². The second kappa shape index (κ2) is 13.7. The van der Waals surface area contributed by atoms with Gasteiger partial charge in [0.2, 0.25) is 5.91 Å². The van der Waals surface area contributed by atoms with Crippen molar-refractivity contribution in [2.45, 2.75) is 32.9 Å². The molecule has 3 aromatic carbocycles. The van der Waals surface area contributed by atoms with E-state index in [9.17, 15) is 9.59 Å². The van der Waals surface area contributed by atoms with E-state index >= 15 is 0 Å². The van der Waals surface area contributed by atoms with E-state index in [2.05, 4.69) is 21.2 Å². The number of rotatable bonds is 11. The predicted octanol–water partition coefficient (Wildman–Crippen LogP) is 6.55. The van der Waals surface area contributed by atoms with Crippen LogP contribution in [0.2, 0.25) is 10.0 Å². The highest BCUT2D eigenvalue weighted by atomic mass is 79.9. The van der Waals surface area contributed by atoms with Crippen molar-refractivity contribution in [2.24, 2.45) is 5.92 Å². The maximum atomic E-state index is 13.6. The molecule has 0 aliphatic heterocycles. The maximum Gasteiger partial charge on any atom is 0.261 e. The summed E-state index contributed by atoms with van der Waals surface area (Å²) >= 11 is 16.3. The molecule has 0 aromatic heterocycles. The number of hydrogen-bond donors (Lipinski definition) is 1. The average molecular weight is 592 g/mol. The van der Waals surface area contributed by atoms with E-state index in [1.54, 1.807) is 30.3 Å². The number of nitrogens with one attached hydrogen (secondary N) is 1. The monoisotopic (exact) mass is 590 g/mol. The van der Waals surface area contributed by atoms with E-state index in [0.29, 0.717) is 34.3 Å². The Balaban J connectivity index is 1.94. The summed E-state index contributed by atoms with van der Waals surface area (Å²) in [5.74, 6) is 0.211. The van der Waals surface area contributed by atoms with Crippen LogP contribution in [0.25, 0.3) is 0 Å². The van der Waals surface area contributed by atoms with Gasteiger partial charge in [-0.1, -0.05) is 89.4 Å². The van der Waals surface area contributed by atoms with Crippen LogP contribution in [0.3, 0.4) is 0 Å². The molecule has 1 N–H and O–H groups in total. The van der Waals surface area contributed by atoms with Crippen molar-refractivity contribution >= 4 is 50.9 Å². The van der Waals surface area contributed by atoms with E-state index in [1.165, 1.54) is 4.90 Å². The molecule has 2 amide bonds. The summed E-state index contributed by atoms with van der Waals surface area (Å²) in [5.41, 5.74) is 1.51. The second-order valence-corrected chi connectivity index (χ2v) is 10.5. The van der Waals surface area contributed by atoms with Gasteiger partial charge < -0.3 is 15.0 Å². The van der Waals surface area contributed by atoms with Crippen molar-refractivity contribution < 1.29 is 14.3 Å². The number of carbonyl (C=O) groups is 2. The zero-order valence-electron chi connectivity index (χ0n) is 20.2. The van der Waals surface area contributed by atoms with Gasteiger partial charge in [0.25, 0.3) is 5.91 Å². The van der Waals surface area contributed by atoms with Crippen LogP contribution in [0.4, 0.5) is 0 Å². The van der Waals surface area contributed by atoms with Crippen LogP contribution in [-0.4, -0.2) is 35.9 Å². The van der Waals surface area contributed by atoms with Crippen molar-refractivity contribution in [2.75, 3.05) is 13.2 Å². The Morgan fingerprint density at radius 1 is 0.944 bits per heavy atom. The molecule has 8 heteroatoms. The third kappa shape index (κ3) is 8.26. The van der Waals surface area contributed by atoms with Crippen LogP contribution >= 0.6 is 39.1 Å². The lowest BCUT2D eigenvalue weighted by molar-refractivity contribution is -0.142. The van der Waals surface area contributed by atoms with Crippen LogP contribution in [0.5, 0.6) is 5.75 Å². The number of amides is 2. The molecule has 190 valence electrons. The molecule has 0 aliphatic carbocycles. The highest BCUT2D eigenvalue weighted by Crippen LogP contribution is 2.27. The minimum Gasteiger partial charge on any atom is -0.484 e. The van der Waals surface area contributed by atoms with Gasteiger partial charge in [0.15, 0.2) is 6.61 Å². The fourth-order valence-electron chi connectivity index (χ4n) is 3.59. The first kappa shape index (κ1) is 28.0. The molecule has 0 radical (unpaired) electrons. The van der Waals surface area contributed by atoms with Gasteiger partial charge in [-0.3, -0.25) is 9.59 Å². The Kier molecular flexibility index (Phi) is 10.7. The van der Waals surface area contributed by atoms with Crippen LogP contribution in [0.15, 0.2) is 77.3 Å². The van der Waals surface area contributed by atoms with Gasteiger partial charge in [0.05, 0.1) is 0 Å². The molecule has 0 spiro atoms. The molecule has 1 atom stereocenters. The Hall–Kier alpha value is -2.54. The number of ether oxygens (including phenoxy) is 1. The quantitative estimate of drug-likeness (QED) is 0.275. The van der Waals surface area contributed by atoms with E-state index in [0.717, 1.165) is 10.0 Å². The Labute approximate surface area is 230 Å². The summed E-state index contributed by atoms with van der Waals surface area (Å²) in [4.78, 5) is 28.6. The molecule has 0 heterocycles. The Morgan fingerprint density at radius 3 is 2.19 bits per heavy atom. The summed E-state index contributed by atoms with van der Waals surface area (Å²) < 4.78 is 6.67. The molecule has 5 nitrogen and oxygen atoms in total. The first-order valence-corrected chi connectivity index (χ1v) is 13.2. The topological polar surface area (TPSA) is 58.6 Å². The summed E-state index contributed by atoms with van der Waals surface area (Å²) in [5, 5.41) is 3.84. The SMILES string of the molecule is CC(C)CNC(=O)[C@H](Cc1ccccc1)N(Cc1c(Cl)cccc1Cl)C(=O)COc1ccc(Br)cc1.